The van der Waals surface area contributed by atoms with Crippen LogP contribution in [0.2, 0.25) is 5.02 Å². The van der Waals surface area contributed by atoms with Gasteiger partial charge in [-0.2, -0.15) is 0 Å². The lowest BCUT2D eigenvalue weighted by molar-refractivity contribution is -0.145. The second kappa shape index (κ2) is 5.36. The van der Waals surface area contributed by atoms with Crippen molar-refractivity contribution >= 4 is 23.4 Å². The highest BCUT2D eigenvalue weighted by atomic mass is 35.5. The summed E-state index contributed by atoms with van der Waals surface area (Å²) >= 11 is 5.80. The van der Waals surface area contributed by atoms with Gasteiger partial charge in [-0.3, -0.25) is 4.79 Å². The van der Waals surface area contributed by atoms with Gasteiger partial charge in [0, 0.05) is 19.3 Å². The molecule has 0 aromatic carbocycles. The average Bonchev–Trinajstić information content (AvgIpc) is 2.39. The smallest absolute Gasteiger partial charge is 0.310 e. The summed E-state index contributed by atoms with van der Waals surface area (Å²) in [6.07, 6.45) is 3.49. The molecule has 4 nitrogen and oxygen atoms in total. The second-order valence-electron chi connectivity index (χ2n) is 4.14. The van der Waals surface area contributed by atoms with Gasteiger partial charge in [-0.05, 0) is 25.0 Å². The van der Waals surface area contributed by atoms with Crippen LogP contribution in [0.5, 0.6) is 0 Å². The summed E-state index contributed by atoms with van der Waals surface area (Å²) in [4.78, 5) is 17.9. The van der Waals surface area contributed by atoms with E-state index in [1.54, 1.807) is 6.20 Å². The molecule has 1 fully saturated rings. The number of nitrogens with zero attached hydrogens (tertiary/aromatic N) is 2. The molecule has 92 valence electrons. The summed E-state index contributed by atoms with van der Waals surface area (Å²) in [5.41, 5.74) is 0. The van der Waals surface area contributed by atoms with E-state index in [1.165, 1.54) is 7.11 Å². The van der Waals surface area contributed by atoms with Gasteiger partial charge in [-0.15, -0.1) is 0 Å². The Morgan fingerprint density at radius 3 is 3.06 bits per heavy atom. The minimum absolute atomic E-state index is 0.0498. The van der Waals surface area contributed by atoms with Gasteiger partial charge in [0.1, 0.15) is 5.82 Å². The number of carbonyl (C=O) groups is 1. The Kier molecular flexibility index (Phi) is 3.84. The topological polar surface area (TPSA) is 42.4 Å². The zero-order valence-corrected chi connectivity index (χ0v) is 10.5. The maximum atomic E-state index is 11.5. The van der Waals surface area contributed by atoms with E-state index in [-0.39, 0.29) is 11.9 Å². The fourth-order valence-electron chi connectivity index (χ4n) is 2.10. The fraction of sp³-hybridized carbons (Fsp3) is 0.500. The van der Waals surface area contributed by atoms with Gasteiger partial charge in [0.25, 0.3) is 0 Å². The highest BCUT2D eigenvalue weighted by Crippen LogP contribution is 2.23. The second-order valence-corrected chi connectivity index (χ2v) is 4.58. The van der Waals surface area contributed by atoms with Crippen LogP contribution in [0.4, 0.5) is 5.82 Å². The lowest BCUT2D eigenvalue weighted by atomic mass is 9.98. The Labute approximate surface area is 106 Å². The number of anilines is 1. The Hall–Kier alpha value is -1.29. The summed E-state index contributed by atoms with van der Waals surface area (Å²) in [5, 5.41) is 0.621. The van der Waals surface area contributed by atoms with E-state index < -0.39 is 0 Å². The number of piperidine rings is 1. The van der Waals surface area contributed by atoms with Crippen LogP contribution in [0.15, 0.2) is 18.3 Å². The molecule has 0 spiro atoms. The number of hydrogen-bond donors (Lipinski definition) is 0. The van der Waals surface area contributed by atoms with Crippen LogP contribution in [-0.4, -0.2) is 31.2 Å². The van der Waals surface area contributed by atoms with E-state index in [0.717, 1.165) is 25.2 Å². The summed E-state index contributed by atoms with van der Waals surface area (Å²) in [6, 6.07) is 3.69. The summed E-state index contributed by atoms with van der Waals surface area (Å²) in [6.45, 7) is 1.59. The first-order valence-corrected chi connectivity index (χ1v) is 6.03. The van der Waals surface area contributed by atoms with Crippen LogP contribution < -0.4 is 4.90 Å². The molecule has 1 aliphatic rings. The molecule has 5 heteroatoms. The number of rotatable bonds is 2. The molecule has 0 N–H and O–H groups in total. The Balaban J connectivity index is 2.06. The maximum Gasteiger partial charge on any atom is 0.310 e. The minimum Gasteiger partial charge on any atom is -0.469 e. The molecule has 0 amide bonds. The molecule has 1 saturated heterocycles. The molecule has 0 aliphatic carbocycles. The van der Waals surface area contributed by atoms with Crippen molar-refractivity contribution in [2.24, 2.45) is 5.92 Å². The molecule has 1 atom stereocenters. The van der Waals surface area contributed by atoms with Crippen molar-refractivity contribution in [1.82, 2.24) is 4.98 Å². The fourth-order valence-corrected chi connectivity index (χ4v) is 2.21. The van der Waals surface area contributed by atoms with Crippen molar-refractivity contribution in [1.29, 1.82) is 0 Å². The first-order valence-electron chi connectivity index (χ1n) is 5.65. The monoisotopic (exact) mass is 254 g/mol. The maximum absolute atomic E-state index is 11.5. The molecular formula is C12H15ClN2O2. The van der Waals surface area contributed by atoms with Gasteiger partial charge >= 0.3 is 5.97 Å². The molecule has 1 aromatic rings. The standard InChI is InChI=1S/C12H15ClN2O2/c1-17-12(16)9-3-2-6-15(8-9)11-5-4-10(13)7-14-11/h4-5,7,9H,2-3,6,8H2,1H3. The minimum atomic E-state index is -0.135. The zero-order valence-electron chi connectivity index (χ0n) is 9.73. The number of pyridine rings is 1. The number of carbonyl (C=O) groups excluding carboxylic acids is 1. The van der Waals surface area contributed by atoms with Crippen LogP contribution >= 0.6 is 11.6 Å². The summed E-state index contributed by atoms with van der Waals surface area (Å²) in [5.74, 6) is 0.679. The van der Waals surface area contributed by atoms with Crippen LogP contribution in [0.1, 0.15) is 12.8 Å². The normalized spacial score (nSPS) is 20.1. The van der Waals surface area contributed by atoms with Crippen molar-refractivity contribution in [2.75, 3.05) is 25.1 Å². The van der Waals surface area contributed by atoms with Crippen molar-refractivity contribution in [3.05, 3.63) is 23.4 Å². The Morgan fingerprint density at radius 1 is 1.59 bits per heavy atom. The van der Waals surface area contributed by atoms with Gasteiger partial charge in [0.15, 0.2) is 0 Å². The Bertz CT molecular complexity index is 394. The number of ether oxygens (including phenoxy) is 1. The largest absolute Gasteiger partial charge is 0.469 e. The van der Waals surface area contributed by atoms with Gasteiger partial charge in [0.05, 0.1) is 18.1 Å². The molecule has 0 radical (unpaired) electrons. The molecule has 0 saturated carbocycles. The zero-order chi connectivity index (χ0) is 12.3. The third kappa shape index (κ3) is 2.88. The van der Waals surface area contributed by atoms with Gasteiger partial charge < -0.3 is 9.64 Å². The van der Waals surface area contributed by atoms with Crippen molar-refractivity contribution < 1.29 is 9.53 Å². The molecule has 17 heavy (non-hydrogen) atoms. The van der Waals surface area contributed by atoms with E-state index in [0.29, 0.717) is 11.6 Å². The van der Waals surface area contributed by atoms with E-state index in [4.69, 9.17) is 16.3 Å². The SMILES string of the molecule is COC(=O)C1CCCN(c2ccc(Cl)cn2)C1. The first-order chi connectivity index (χ1) is 8.20. The molecule has 0 bridgehead atoms. The molecule has 2 rings (SSSR count). The average molecular weight is 255 g/mol. The quantitative estimate of drug-likeness (QED) is 0.759. The third-order valence-electron chi connectivity index (χ3n) is 2.99. The summed E-state index contributed by atoms with van der Waals surface area (Å²) in [7, 11) is 1.43. The van der Waals surface area contributed by atoms with Crippen LogP contribution in [0.25, 0.3) is 0 Å². The van der Waals surface area contributed by atoms with E-state index in [9.17, 15) is 4.79 Å². The van der Waals surface area contributed by atoms with Crippen LogP contribution in [-0.2, 0) is 9.53 Å². The number of esters is 1. The lowest BCUT2D eigenvalue weighted by Crippen LogP contribution is -2.39. The summed E-state index contributed by atoms with van der Waals surface area (Å²) < 4.78 is 4.79. The molecular weight excluding hydrogens is 240 g/mol. The third-order valence-corrected chi connectivity index (χ3v) is 3.22. The van der Waals surface area contributed by atoms with Crippen molar-refractivity contribution in [2.45, 2.75) is 12.8 Å². The predicted octanol–water partition coefficient (Wildman–Crippen LogP) is 2.12. The lowest BCUT2D eigenvalue weighted by Gasteiger charge is -2.32. The number of methoxy groups -OCH3 is 1. The molecule has 1 aromatic heterocycles. The molecule has 1 unspecified atom stereocenters. The van der Waals surface area contributed by atoms with Crippen LogP contribution in [0.3, 0.4) is 0 Å². The van der Waals surface area contributed by atoms with Crippen molar-refractivity contribution in [3.8, 4) is 0 Å². The van der Waals surface area contributed by atoms with Crippen LogP contribution in [0, 0.1) is 5.92 Å². The highest BCUT2D eigenvalue weighted by molar-refractivity contribution is 6.30. The molecule has 2 heterocycles. The first kappa shape index (κ1) is 12.2. The number of halogens is 1. The van der Waals surface area contributed by atoms with Gasteiger partial charge in [0.2, 0.25) is 0 Å². The van der Waals surface area contributed by atoms with E-state index in [1.807, 2.05) is 12.1 Å². The predicted molar refractivity (Wildman–Crippen MR) is 66.2 cm³/mol. The Morgan fingerprint density at radius 2 is 2.41 bits per heavy atom. The van der Waals surface area contributed by atoms with E-state index >= 15 is 0 Å². The van der Waals surface area contributed by atoms with Gasteiger partial charge in [-0.25, -0.2) is 4.98 Å². The number of aromatic nitrogens is 1. The van der Waals surface area contributed by atoms with Crippen molar-refractivity contribution in [3.63, 3.8) is 0 Å². The molecule has 1 aliphatic heterocycles. The van der Waals surface area contributed by atoms with Gasteiger partial charge in [-0.1, -0.05) is 11.6 Å². The number of hydrogen-bond acceptors (Lipinski definition) is 4. The van der Waals surface area contributed by atoms with E-state index in [2.05, 4.69) is 9.88 Å². The highest BCUT2D eigenvalue weighted by Gasteiger charge is 2.26.